The van der Waals surface area contributed by atoms with Gasteiger partial charge in [-0.1, -0.05) is 42.5 Å². The van der Waals surface area contributed by atoms with E-state index in [2.05, 4.69) is 24.0 Å². The van der Waals surface area contributed by atoms with E-state index in [1.807, 2.05) is 58.2 Å². The molecule has 0 bridgehead atoms. The normalized spacial score (nSPS) is 17.9. The molecule has 2 fully saturated rings. The van der Waals surface area contributed by atoms with Gasteiger partial charge in [0.1, 0.15) is 5.69 Å². The van der Waals surface area contributed by atoms with Crippen molar-refractivity contribution in [2.75, 3.05) is 26.2 Å². The smallest absolute Gasteiger partial charge is 0.257 e. The first kappa shape index (κ1) is 20.0. The monoisotopic (exact) mass is 414 g/mol. The van der Waals surface area contributed by atoms with Gasteiger partial charge in [0.25, 0.3) is 5.91 Å². The predicted octanol–water partition coefficient (Wildman–Crippen LogP) is 4.55. The summed E-state index contributed by atoms with van der Waals surface area (Å²) in [6, 6.07) is 18.8. The molecule has 5 heteroatoms. The molecule has 2 aromatic carbocycles. The van der Waals surface area contributed by atoms with Crippen LogP contribution in [0.3, 0.4) is 0 Å². The number of hydrogen-bond donors (Lipinski definition) is 0. The molecule has 0 spiro atoms. The van der Waals surface area contributed by atoms with E-state index in [4.69, 9.17) is 5.10 Å². The van der Waals surface area contributed by atoms with E-state index in [9.17, 15) is 4.79 Å². The first-order valence-electron chi connectivity index (χ1n) is 11.4. The van der Waals surface area contributed by atoms with Crippen molar-refractivity contribution in [3.63, 3.8) is 0 Å². The zero-order valence-corrected chi connectivity index (χ0v) is 18.2. The Kier molecular flexibility index (Phi) is 5.60. The lowest BCUT2D eigenvalue weighted by atomic mass is 10.00. The molecule has 1 aromatic heterocycles. The first-order chi connectivity index (χ1) is 15.2. The van der Waals surface area contributed by atoms with Crippen LogP contribution in [0.1, 0.15) is 41.6 Å². The molecule has 0 unspecified atom stereocenters. The van der Waals surface area contributed by atoms with Gasteiger partial charge in [-0.3, -0.25) is 4.79 Å². The summed E-state index contributed by atoms with van der Waals surface area (Å²) in [5, 5.41) is 4.87. The van der Waals surface area contributed by atoms with Crippen LogP contribution in [-0.2, 0) is 0 Å². The minimum absolute atomic E-state index is 0.0975. The zero-order valence-electron chi connectivity index (χ0n) is 18.2. The SMILES string of the molecule is Cc1ccccc1-c1nn(-c2ccccc2)cc1C(=O)N1CCC(N2CCCC2)CC1. The fourth-order valence-electron chi connectivity index (χ4n) is 4.99. The maximum absolute atomic E-state index is 13.6. The lowest BCUT2D eigenvalue weighted by Crippen LogP contribution is -2.45. The van der Waals surface area contributed by atoms with Crippen molar-refractivity contribution in [2.45, 2.75) is 38.6 Å². The number of aryl methyl sites for hydroxylation is 1. The summed E-state index contributed by atoms with van der Waals surface area (Å²) in [7, 11) is 0. The Morgan fingerprint density at radius 2 is 1.58 bits per heavy atom. The molecule has 160 valence electrons. The van der Waals surface area contributed by atoms with Gasteiger partial charge in [-0.05, 0) is 63.4 Å². The van der Waals surface area contributed by atoms with Gasteiger partial charge in [0.2, 0.25) is 0 Å². The van der Waals surface area contributed by atoms with Crippen molar-refractivity contribution in [1.29, 1.82) is 0 Å². The summed E-state index contributed by atoms with van der Waals surface area (Å²) in [5.74, 6) is 0.0975. The second kappa shape index (κ2) is 8.67. The number of piperidine rings is 1. The third-order valence-electron chi connectivity index (χ3n) is 6.77. The number of amides is 1. The number of carbonyl (C=O) groups excluding carboxylic acids is 1. The van der Waals surface area contributed by atoms with Gasteiger partial charge in [-0.25, -0.2) is 4.68 Å². The van der Waals surface area contributed by atoms with Crippen LogP contribution in [0.25, 0.3) is 16.9 Å². The van der Waals surface area contributed by atoms with Gasteiger partial charge in [-0.15, -0.1) is 0 Å². The largest absolute Gasteiger partial charge is 0.338 e. The van der Waals surface area contributed by atoms with E-state index < -0.39 is 0 Å². The average Bonchev–Trinajstić information content (AvgIpc) is 3.50. The third-order valence-corrected chi connectivity index (χ3v) is 6.77. The second-order valence-electron chi connectivity index (χ2n) is 8.75. The Hall–Kier alpha value is -2.92. The summed E-state index contributed by atoms with van der Waals surface area (Å²) in [4.78, 5) is 18.3. The maximum atomic E-state index is 13.6. The van der Waals surface area contributed by atoms with Crippen molar-refractivity contribution < 1.29 is 4.79 Å². The minimum Gasteiger partial charge on any atom is -0.338 e. The number of benzene rings is 2. The standard InChI is InChI=1S/C26H30N4O/c1-20-9-5-6-12-23(20)25-24(19-30(27-25)22-10-3-2-4-11-22)26(31)29-17-13-21(14-18-29)28-15-7-8-16-28/h2-6,9-12,19,21H,7-8,13-18H2,1H3. The van der Waals surface area contributed by atoms with Crippen LogP contribution in [-0.4, -0.2) is 57.7 Å². The number of nitrogens with zero attached hydrogens (tertiary/aromatic N) is 4. The molecule has 3 heterocycles. The Bertz CT molecular complexity index is 1040. The molecule has 0 atom stereocenters. The average molecular weight is 415 g/mol. The van der Waals surface area contributed by atoms with E-state index in [-0.39, 0.29) is 5.91 Å². The summed E-state index contributed by atoms with van der Waals surface area (Å²) < 4.78 is 1.84. The lowest BCUT2D eigenvalue weighted by molar-refractivity contribution is 0.0645. The summed E-state index contributed by atoms with van der Waals surface area (Å²) >= 11 is 0. The minimum atomic E-state index is 0.0975. The van der Waals surface area contributed by atoms with Gasteiger partial charge in [0, 0.05) is 30.9 Å². The quantitative estimate of drug-likeness (QED) is 0.629. The number of carbonyl (C=O) groups is 1. The lowest BCUT2D eigenvalue weighted by Gasteiger charge is -2.36. The van der Waals surface area contributed by atoms with Gasteiger partial charge in [0.05, 0.1) is 11.3 Å². The highest BCUT2D eigenvalue weighted by atomic mass is 16.2. The highest BCUT2D eigenvalue weighted by Gasteiger charge is 2.30. The molecule has 0 N–H and O–H groups in total. The molecule has 5 rings (SSSR count). The molecule has 2 aliphatic rings. The second-order valence-corrected chi connectivity index (χ2v) is 8.75. The third kappa shape index (κ3) is 4.02. The molecule has 0 aliphatic carbocycles. The fraction of sp³-hybridized carbons (Fsp3) is 0.385. The molecule has 0 radical (unpaired) electrons. The van der Waals surface area contributed by atoms with Gasteiger partial charge in [0.15, 0.2) is 0 Å². The Labute approximate surface area is 184 Å². The molecular weight excluding hydrogens is 384 g/mol. The van der Waals surface area contributed by atoms with Gasteiger partial charge >= 0.3 is 0 Å². The molecule has 5 nitrogen and oxygen atoms in total. The first-order valence-corrected chi connectivity index (χ1v) is 11.4. The number of aromatic nitrogens is 2. The van der Waals surface area contributed by atoms with E-state index in [0.29, 0.717) is 11.6 Å². The number of rotatable bonds is 4. The number of likely N-dealkylation sites (tertiary alicyclic amines) is 2. The summed E-state index contributed by atoms with van der Waals surface area (Å²) in [6.45, 7) is 6.17. The van der Waals surface area contributed by atoms with Crippen LogP contribution in [0.4, 0.5) is 0 Å². The van der Waals surface area contributed by atoms with Crippen molar-refractivity contribution in [3.05, 3.63) is 71.9 Å². The molecular formula is C26H30N4O. The van der Waals surface area contributed by atoms with Crippen molar-refractivity contribution in [3.8, 4) is 16.9 Å². The Balaban J connectivity index is 1.44. The highest BCUT2D eigenvalue weighted by Crippen LogP contribution is 2.29. The van der Waals surface area contributed by atoms with Crippen LogP contribution >= 0.6 is 0 Å². The van der Waals surface area contributed by atoms with E-state index in [0.717, 1.165) is 48.4 Å². The molecule has 1 amide bonds. The zero-order chi connectivity index (χ0) is 21.2. The predicted molar refractivity (Wildman–Crippen MR) is 123 cm³/mol. The fourth-order valence-corrected chi connectivity index (χ4v) is 4.99. The Morgan fingerprint density at radius 1 is 0.903 bits per heavy atom. The van der Waals surface area contributed by atoms with E-state index >= 15 is 0 Å². The Morgan fingerprint density at radius 3 is 2.29 bits per heavy atom. The van der Waals surface area contributed by atoms with E-state index in [1.165, 1.54) is 25.9 Å². The molecule has 2 aliphatic heterocycles. The molecule has 3 aromatic rings. The number of para-hydroxylation sites is 1. The van der Waals surface area contributed by atoms with Crippen LogP contribution in [0, 0.1) is 6.92 Å². The van der Waals surface area contributed by atoms with Gasteiger partial charge < -0.3 is 9.80 Å². The van der Waals surface area contributed by atoms with Crippen LogP contribution in [0.2, 0.25) is 0 Å². The van der Waals surface area contributed by atoms with Crippen molar-refractivity contribution in [2.24, 2.45) is 0 Å². The maximum Gasteiger partial charge on any atom is 0.257 e. The summed E-state index contributed by atoms with van der Waals surface area (Å²) in [5.41, 5.74) is 4.57. The van der Waals surface area contributed by atoms with Crippen LogP contribution in [0.5, 0.6) is 0 Å². The molecule has 31 heavy (non-hydrogen) atoms. The summed E-state index contributed by atoms with van der Waals surface area (Å²) in [6.07, 6.45) is 6.68. The van der Waals surface area contributed by atoms with Crippen molar-refractivity contribution in [1.82, 2.24) is 19.6 Å². The highest BCUT2D eigenvalue weighted by molar-refractivity contribution is 6.00. The topological polar surface area (TPSA) is 41.4 Å². The molecule has 2 saturated heterocycles. The molecule has 0 saturated carbocycles. The van der Waals surface area contributed by atoms with Gasteiger partial charge in [-0.2, -0.15) is 5.10 Å². The number of hydrogen-bond acceptors (Lipinski definition) is 3. The van der Waals surface area contributed by atoms with Crippen molar-refractivity contribution >= 4 is 5.91 Å². The van der Waals surface area contributed by atoms with E-state index in [1.54, 1.807) is 0 Å². The van der Waals surface area contributed by atoms with Crippen LogP contribution < -0.4 is 0 Å². The van der Waals surface area contributed by atoms with Crippen LogP contribution in [0.15, 0.2) is 60.8 Å².